The van der Waals surface area contributed by atoms with E-state index in [1.54, 1.807) is 36.3 Å². The summed E-state index contributed by atoms with van der Waals surface area (Å²) in [6.07, 6.45) is 4.62. The molecule has 35 heavy (non-hydrogen) atoms. The van der Waals surface area contributed by atoms with Crippen LogP contribution < -0.4 is 15.2 Å². The number of benzene rings is 1. The molecule has 2 N–H and O–H groups in total. The van der Waals surface area contributed by atoms with Crippen molar-refractivity contribution in [2.45, 2.75) is 56.9 Å². The maximum Gasteiger partial charge on any atom is 0.190 e. The molecule has 1 atom stereocenters. The quantitative estimate of drug-likeness (QED) is 0.255. The van der Waals surface area contributed by atoms with Gasteiger partial charge in [-0.25, -0.2) is 15.0 Å². The zero-order chi connectivity index (χ0) is 24.8. The van der Waals surface area contributed by atoms with Crippen molar-refractivity contribution in [1.29, 1.82) is 0 Å². The number of hydrogen-bond acceptors (Lipinski definition) is 9. The number of thioether (sulfide) groups is 1. The van der Waals surface area contributed by atoms with Crippen LogP contribution in [0.2, 0.25) is 0 Å². The van der Waals surface area contributed by atoms with Crippen LogP contribution in [-0.2, 0) is 6.42 Å². The molecule has 3 heterocycles. The summed E-state index contributed by atoms with van der Waals surface area (Å²) in [6.45, 7) is 10.2. The molecule has 0 unspecified atom stereocenters. The smallest absolute Gasteiger partial charge is 0.190 e. The summed E-state index contributed by atoms with van der Waals surface area (Å²) >= 11 is 3.35. The number of anilines is 1. The fourth-order valence-electron chi connectivity index (χ4n) is 4.26. The van der Waals surface area contributed by atoms with Crippen molar-refractivity contribution in [1.82, 2.24) is 19.9 Å². The molecule has 4 rings (SSSR count). The molecule has 0 radical (unpaired) electrons. The number of nitrogen functional groups attached to an aromatic ring is 1. The molecule has 7 nitrogen and oxygen atoms in total. The van der Waals surface area contributed by atoms with Crippen LogP contribution in [0.3, 0.4) is 0 Å². The Morgan fingerprint density at radius 1 is 1.14 bits per heavy atom. The maximum absolute atomic E-state index is 6.16. The number of aromatic nitrogens is 3. The Kier molecular flexibility index (Phi) is 8.86. The summed E-state index contributed by atoms with van der Waals surface area (Å²) in [7, 11) is 1.68. The van der Waals surface area contributed by atoms with E-state index in [0.29, 0.717) is 17.6 Å². The second kappa shape index (κ2) is 12.1. The zero-order valence-corrected chi connectivity index (χ0v) is 22.7. The van der Waals surface area contributed by atoms with Crippen molar-refractivity contribution in [2.75, 3.05) is 39.1 Å². The Hall–Kier alpha value is -2.36. The van der Waals surface area contributed by atoms with Gasteiger partial charge in [0.05, 0.1) is 18.1 Å². The van der Waals surface area contributed by atoms with Gasteiger partial charge in [0, 0.05) is 28.7 Å². The molecule has 1 aliphatic heterocycles. The Labute approximate surface area is 216 Å². The maximum atomic E-state index is 6.16. The van der Waals surface area contributed by atoms with E-state index in [2.05, 4.69) is 40.8 Å². The average Bonchev–Trinajstić information content (AvgIpc) is 3.49. The lowest BCUT2D eigenvalue weighted by Gasteiger charge is -2.16. The van der Waals surface area contributed by atoms with Crippen LogP contribution in [0.15, 0.2) is 29.4 Å². The second-order valence-electron chi connectivity index (χ2n) is 8.82. The zero-order valence-electron chi connectivity index (χ0n) is 21.0. The first-order valence-electron chi connectivity index (χ1n) is 12.3. The monoisotopic (exact) mass is 513 g/mol. The van der Waals surface area contributed by atoms with Crippen molar-refractivity contribution in [3.05, 3.63) is 40.5 Å². The second-order valence-corrected chi connectivity index (χ2v) is 11.2. The molecule has 2 aromatic heterocycles. The SMILES string of the molecule is CCCc1sc(-c2ccc(OC)c(OCCN3CCCC3)c2)nc1[C@H](C)Sc1nc(C)cc(N)n1. The van der Waals surface area contributed by atoms with E-state index in [1.165, 1.54) is 30.8 Å². The number of aryl methyl sites for hydroxylation is 2. The molecule has 1 aliphatic rings. The van der Waals surface area contributed by atoms with Gasteiger partial charge in [-0.05, 0) is 64.4 Å². The van der Waals surface area contributed by atoms with Crippen LogP contribution in [-0.4, -0.2) is 53.2 Å². The largest absolute Gasteiger partial charge is 0.493 e. The number of nitrogens with zero attached hydrogens (tertiary/aromatic N) is 4. The fraction of sp³-hybridized carbons (Fsp3) is 0.500. The number of ether oxygens (including phenoxy) is 2. The van der Waals surface area contributed by atoms with Gasteiger partial charge in [0.25, 0.3) is 0 Å². The van der Waals surface area contributed by atoms with Crippen LogP contribution in [0.4, 0.5) is 5.82 Å². The highest BCUT2D eigenvalue weighted by atomic mass is 32.2. The predicted octanol–water partition coefficient (Wildman–Crippen LogP) is 5.78. The van der Waals surface area contributed by atoms with Crippen LogP contribution in [0.1, 0.15) is 54.6 Å². The van der Waals surface area contributed by atoms with E-state index in [-0.39, 0.29) is 5.25 Å². The highest BCUT2D eigenvalue weighted by Gasteiger charge is 2.21. The minimum atomic E-state index is 0.108. The van der Waals surface area contributed by atoms with E-state index in [1.807, 2.05) is 13.0 Å². The Bertz CT molecular complexity index is 1110. The molecule has 0 saturated carbocycles. The van der Waals surface area contributed by atoms with E-state index in [0.717, 1.165) is 52.8 Å². The van der Waals surface area contributed by atoms with Crippen LogP contribution in [0.25, 0.3) is 10.6 Å². The first kappa shape index (κ1) is 25.7. The third-order valence-electron chi connectivity index (χ3n) is 6.00. The van der Waals surface area contributed by atoms with Gasteiger partial charge in [-0.15, -0.1) is 11.3 Å². The first-order valence-corrected chi connectivity index (χ1v) is 14.0. The summed E-state index contributed by atoms with van der Waals surface area (Å²) in [5, 5.41) is 1.79. The lowest BCUT2D eigenvalue weighted by Crippen LogP contribution is -2.25. The number of methoxy groups -OCH3 is 1. The van der Waals surface area contributed by atoms with Gasteiger partial charge in [0.15, 0.2) is 16.7 Å². The number of thiazole rings is 1. The summed E-state index contributed by atoms with van der Waals surface area (Å²) in [5.41, 5.74) is 8.94. The summed E-state index contributed by atoms with van der Waals surface area (Å²) in [6, 6.07) is 7.88. The topological polar surface area (TPSA) is 86.4 Å². The van der Waals surface area contributed by atoms with Crippen LogP contribution in [0, 0.1) is 6.92 Å². The van der Waals surface area contributed by atoms with Gasteiger partial charge in [-0.3, -0.25) is 4.90 Å². The lowest BCUT2D eigenvalue weighted by atomic mass is 10.2. The first-order chi connectivity index (χ1) is 17.0. The van der Waals surface area contributed by atoms with Crippen molar-refractivity contribution >= 4 is 28.9 Å². The van der Waals surface area contributed by atoms with Crippen molar-refractivity contribution in [2.24, 2.45) is 0 Å². The van der Waals surface area contributed by atoms with Crippen molar-refractivity contribution < 1.29 is 9.47 Å². The van der Waals surface area contributed by atoms with Gasteiger partial charge >= 0.3 is 0 Å². The number of nitrogens with two attached hydrogens (primary N) is 1. The lowest BCUT2D eigenvalue weighted by molar-refractivity contribution is 0.230. The van der Waals surface area contributed by atoms with Crippen LogP contribution >= 0.6 is 23.1 Å². The van der Waals surface area contributed by atoms with Crippen molar-refractivity contribution in [3.63, 3.8) is 0 Å². The molecule has 1 aromatic carbocycles. The standard InChI is InChI=1S/C26H35N5O2S2/c1-5-8-22-24(18(3)34-26-28-17(2)15-23(27)29-26)30-25(35-22)19-9-10-20(32-4)21(16-19)33-14-13-31-11-6-7-12-31/h9-10,15-16,18H,5-8,11-14H2,1-4H3,(H2,27,28,29)/t18-/m0/s1. The highest BCUT2D eigenvalue weighted by Crippen LogP contribution is 2.41. The Morgan fingerprint density at radius 2 is 1.94 bits per heavy atom. The number of likely N-dealkylation sites (tertiary alicyclic amines) is 1. The van der Waals surface area contributed by atoms with Crippen molar-refractivity contribution in [3.8, 4) is 22.1 Å². The number of hydrogen-bond donors (Lipinski definition) is 1. The van der Waals surface area contributed by atoms with Gasteiger partial charge in [0.2, 0.25) is 0 Å². The molecule has 9 heteroatoms. The third kappa shape index (κ3) is 6.65. The molecule has 0 bridgehead atoms. The van der Waals surface area contributed by atoms with Gasteiger partial charge < -0.3 is 15.2 Å². The van der Waals surface area contributed by atoms with Crippen LogP contribution in [0.5, 0.6) is 11.5 Å². The molecule has 1 fully saturated rings. The summed E-state index contributed by atoms with van der Waals surface area (Å²) < 4.78 is 11.7. The van der Waals surface area contributed by atoms with E-state index in [9.17, 15) is 0 Å². The molecule has 188 valence electrons. The summed E-state index contributed by atoms with van der Waals surface area (Å²) in [4.78, 5) is 17.8. The fourth-order valence-corrected chi connectivity index (χ4v) is 6.56. The minimum Gasteiger partial charge on any atom is -0.493 e. The minimum absolute atomic E-state index is 0.108. The molecule has 1 saturated heterocycles. The normalized spacial score (nSPS) is 14.9. The predicted molar refractivity (Wildman–Crippen MR) is 145 cm³/mol. The Balaban J connectivity index is 1.55. The van der Waals surface area contributed by atoms with E-state index in [4.69, 9.17) is 20.2 Å². The van der Waals surface area contributed by atoms with E-state index >= 15 is 0 Å². The molecule has 3 aromatic rings. The van der Waals surface area contributed by atoms with Gasteiger partial charge in [0.1, 0.15) is 17.4 Å². The molecular weight excluding hydrogens is 478 g/mol. The summed E-state index contributed by atoms with van der Waals surface area (Å²) in [5.74, 6) is 2.01. The highest BCUT2D eigenvalue weighted by molar-refractivity contribution is 7.99. The van der Waals surface area contributed by atoms with Gasteiger partial charge in [-0.1, -0.05) is 25.1 Å². The third-order valence-corrected chi connectivity index (χ3v) is 8.15. The molecule has 0 aliphatic carbocycles. The molecule has 0 amide bonds. The van der Waals surface area contributed by atoms with E-state index < -0.39 is 0 Å². The van der Waals surface area contributed by atoms with Gasteiger partial charge in [-0.2, -0.15) is 0 Å². The molecular formula is C26H35N5O2S2. The number of rotatable bonds is 11. The average molecular weight is 514 g/mol. The molecule has 0 spiro atoms. The Morgan fingerprint density at radius 3 is 2.66 bits per heavy atom.